The third-order valence-corrected chi connectivity index (χ3v) is 5.14. The monoisotopic (exact) mass is 426 g/mol. The van der Waals surface area contributed by atoms with E-state index < -0.39 is 36.5 Å². The maximum atomic E-state index is 12.2. The van der Waals surface area contributed by atoms with Gasteiger partial charge in [-0.2, -0.15) is 0 Å². The average molecular weight is 426 g/mol. The first-order valence-corrected chi connectivity index (χ1v) is 10.1. The first-order valence-electron chi connectivity index (χ1n) is 10.1. The van der Waals surface area contributed by atoms with E-state index in [4.69, 9.17) is 9.84 Å². The highest BCUT2D eigenvalue weighted by molar-refractivity contribution is 5.79. The van der Waals surface area contributed by atoms with Gasteiger partial charge < -0.3 is 25.6 Å². The molecule has 3 rings (SSSR count). The molecule has 2 atom stereocenters. The van der Waals surface area contributed by atoms with Gasteiger partial charge in [-0.3, -0.25) is 9.59 Å². The summed E-state index contributed by atoms with van der Waals surface area (Å²) >= 11 is 0. The maximum absolute atomic E-state index is 12.2. The third-order valence-electron chi connectivity index (χ3n) is 5.14. The number of benzene rings is 2. The SMILES string of the molecule is C[C@@H](CC(=O)NCC(O)CC(=O)O)NC(=O)OCC1c2ccccc2-c2ccccc21. The van der Waals surface area contributed by atoms with Crippen molar-refractivity contribution in [1.82, 2.24) is 10.6 Å². The van der Waals surface area contributed by atoms with E-state index in [9.17, 15) is 19.5 Å². The Balaban J connectivity index is 1.47. The van der Waals surface area contributed by atoms with Gasteiger partial charge in [0.15, 0.2) is 0 Å². The molecule has 1 aliphatic carbocycles. The molecule has 0 radical (unpaired) electrons. The van der Waals surface area contributed by atoms with E-state index in [1.54, 1.807) is 6.92 Å². The summed E-state index contributed by atoms with van der Waals surface area (Å²) < 4.78 is 5.45. The minimum absolute atomic E-state index is 0.0238. The molecular formula is C23H26N2O6. The van der Waals surface area contributed by atoms with E-state index in [1.807, 2.05) is 36.4 Å². The Bertz CT molecular complexity index is 915. The zero-order valence-corrected chi connectivity index (χ0v) is 17.2. The standard InChI is InChI=1S/C23H26N2O6/c1-14(10-21(27)24-12-15(26)11-22(28)29)25-23(30)31-13-20-18-8-4-2-6-16(18)17-7-3-5-9-19(17)20/h2-9,14-15,20,26H,10-13H2,1H3,(H,24,27)(H,25,30)(H,28,29)/t14-,15?/m0/s1. The molecule has 0 aromatic heterocycles. The number of aliphatic carboxylic acids is 1. The lowest BCUT2D eigenvalue weighted by atomic mass is 9.98. The molecule has 31 heavy (non-hydrogen) atoms. The molecule has 0 bridgehead atoms. The Kier molecular flexibility index (Phi) is 7.25. The highest BCUT2D eigenvalue weighted by Gasteiger charge is 2.29. The molecule has 4 N–H and O–H groups in total. The molecule has 8 heteroatoms. The Labute approximate surface area is 180 Å². The van der Waals surface area contributed by atoms with Crippen LogP contribution in [0.1, 0.15) is 36.8 Å². The van der Waals surface area contributed by atoms with Gasteiger partial charge in [0.25, 0.3) is 0 Å². The highest BCUT2D eigenvalue weighted by Crippen LogP contribution is 2.44. The molecule has 1 unspecified atom stereocenters. The van der Waals surface area contributed by atoms with E-state index in [0.717, 1.165) is 22.3 Å². The number of aliphatic hydroxyl groups excluding tert-OH is 1. The second-order valence-electron chi connectivity index (χ2n) is 7.63. The van der Waals surface area contributed by atoms with Gasteiger partial charge >= 0.3 is 12.1 Å². The normalized spacial score (nSPS) is 14.1. The van der Waals surface area contributed by atoms with Crippen molar-refractivity contribution in [3.63, 3.8) is 0 Å². The van der Waals surface area contributed by atoms with Crippen LogP contribution in [0.2, 0.25) is 0 Å². The van der Waals surface area contributed by atoms with Crippen molar-refractivity contribution in [3.8, 4) is 11.1 Å². The lowest BCUT2D eigenvalue weighted by molar-refractivity contribution is -0.139. The van der Waals surface area contributed by atoms with Gasteiger partial charge in [-0.15, -0.1) is 0 Å². The van der Waals surface area contributed by atoms with Crippen LogP contribution in [0, 0.1) is 0 Å². The first-order chi connectivity index (χ1) is 14.8. The summed E-state index contributed by atoms with van der Waals surface area (Å²) in [5.41, 5.74) is 4.51. The fourth-order valence-electron chi connectivity index (χ4n) is 3.75. The minimum atomic E-state index is -1.16. The van der Waals surface area contributed by atoms with Crippen molar-refractivity contribution in [3.05, 3.63) is 59.7 Å². The third kappa shape index (κ3) is 5.82. The van der Waals surface area contributed by atoms with Gasteiger partial charge in [-0.25, -0.2) is 4.79 Å². The molecule has 164 valence electrons. The quantitative estimate of drug-likeness (QED) is 0.487. The number of carbonyl (C=O) groups is 3. The number of carbonyl (C=O) groups excluding carboxylic acids is 2. The van der Waals surface area contributed by atoms with Crippen LogP contribution in [-0.2, 0) is 14.3 Å². The summed E-state index contributed by atoms with van der Waals surface area (Å²) in [6.45, 7) is 1.68. The summed E-state index contributed by atoms with van der Waals surface area (Å²) in [6, 6.07) is 15.6. The van der Waals surface area contributed by atoms with Crippen LogP contribution in [0.3, 0.4) is 0 Å². The number of fused-ring (bicyclic) bond motifs is 3. The first kappa shape index (κ1) is 22.3. The molecular weight excluding hydrogens is 400 g/mol. The number of rotatable bonds is 9. The number of nitrogens with one attached hydrogen (secondary N) is 2. The molecule has 0 aliphatic heterocycles. The van der Waals surface area contributed by atoms with Gasteiger partial charge in [-0.1, -0.05) is 48.5 Å². The molecule has 2 amide bonds. The topological polar surface area (TPSA) is 125 Å². The summed E-state index contributed by atoms with van der Waals surface area (Å²) in [5, 5.41) is 23.1. The summed E-state index contributed by atoms with van der Waals surface area (Å²) in [4.78, 5) is 34.7. The fraction of sp³-hybridized carbons (Fsp3) is 0.348. The van der Waals surface area contributed by atoms with Gasteiger partial charge in [0, 0.05) is 24.9 Å². The second kappa shape index (κ2) is 10.1. The Morgan fingerprint density at radius 1 is 1.00 bits per heavy atom. The Morgan fingerprint density at radius 3 is 2.16 bits per heavy atom. The molecule has 2 aromatic rings. The van der Waals surface area contributed by atoms with Crippen LogP contribution in [0.15, 0.2) is 48.5 Å². The molecule has 2 aromatic carbocycles. The van der Waals surface area contributed by atoms with Crippen molar-refractivity contribution in [1.29, 1.82) is 0 Å². The van der Waals surface area contributed by atoms with Crippen LogP contribution in [0.4, 0.5) is 4.79 Å². The number of hydrogen-bond acceptors (Lipinski definition) is 5. The molecule has 0 fully saturated rings. The van der Waals surface area contributed by atoms with Crippen LogP contribution < -0.4 is 10.6 Å². The highest BCUT2D eigenvalue weighted by atomic mass is 16.5. The minimum Gasteiger partial charge on any atom is -0.481 e. The van der Waals surface area contributed by atoms with Gasteiger partial charge in [0.1, 0.15) is 6.61 Å². The lowest BCUT2D eigenvalue weighted by Gasteiger charge is -2.17. The maximum Gasteiger partial charge on any atom is 0.407 e. The number of carboxylic acid groups (broad SMARTS) is 1. The molecule has 0 heterocycles. The molecule has 0 spiro atoms. The average Bonchev–Trinajstić information content (AvgIpc) is 3.04. The number of alkyl carbamates (subject to hydrolysis) is 1. The zero-order valence-electron chi connectivity index (χ0n) is 17.2. The predicted molar refractivity (Wildman–Crippen MR) is 114 cm³/mol. The van der Waals surface area contributed by atoms with E-state index in [1.165, 1.54) is 0 Å². The number of hydrogen-bond donors (Lipinski definition) is 4. The molecule has 8 nitrogen and oxygen atoms in total. The predicted octanol–water partition coefficient (Wildman–Crippen LogP) is 2.26. The second-order valence-corrected chi connectivity index (χ2v) is 7.63. The van der Waals surface area contributed by atoms with Crippen LogP contribution in [-0.4, -0.2) is 53.5 Å². The number of ether oxygens (including phenoxy) is 1. The Morgan fingerprint density at radius 2 is 1.58 bits per heavy atom. The van der Waals surface area contributed by atoms with Crippen molar-refractivity contribution < 1.29 is 29.3 Å². The zero-order chi connectivity index (χ0) is 22.4. The smallest absolute Gasteiger partial charge is 0.407 e. The molecule has 1 aliphatic rings. The lowest BCUT2D eigenvalue weighted by Crippen LogP contribution is -2.40. The van der Waals surface area contributed by atoms with Gasteiger partial charge in [0.2, 0.25) is 5.91 Å². The molecule has 0 saturated carbocycles. The van der Waals surface area contributed by atoms with Crippen LogP contribution in [0.5, 0.6) is 0 Å². The largest absolute Gasteiger partial charge is 0.481 e. The molecule has 0 saturated heterocycles. The Hall–Kier alpha value is -3.39. The summed E-state index contributed by atoms with van der Waals surface area (Å²) in [5.74, 6) is -1.60. The van der Waals surface area contributed by atoms with E-state index in [0.29, 0.717) is 0 Å². The van der Waals surface area contributed by atoms with Crippen molar-refractivity contribution in [2.75, 3.05) is 13.2 Å². The van der Waals surface area contributed by atoms with Crippen LogP contribution >= 0.6 is 0 Å². The fourth-order valence-corrected chi connectivity index (χ4v) is 3.75. The van der Waals surface area contributed by atoms with Gasteiger partial charge in [0.05, 0.1) is 12.5 Å². The number of amides is 2. The summed E-state index contributed by atoms with van der Waals surface area (Å²) in [6.07, 6.45) is -2.25. The van der Waals surface area contributed by atoms with E-state index >= 15 is 0 Å². The van der Waals surface area contributed by atoms with E-state index in [2.05, 4.69) is 22.8 Å². The van der Waals surface area contributed by atoms with Crippen molar-refractivity contribution in [2.45, 2.75) is 37.8 Å². The summed E-state index contributed by atoms with van der Waals surface area (Å²) in [7, 11) is 0. The van der Waals surface area contributed by atoms with Crippen molar-refractivity contribution in [2.24, 2.45) is 0 Å². The number of carboxylic acids is 1. The van der Waals surface area contributed by atoms with Crippen LogP contribution in [0.25, 0.3) is 11.1 Å². The van der Waals surface area contributed by atoms with Gasteiger partial charge in [-0.05, 0) is 29.2 Å². The number of aliphatic hydroxyl groups is 1. The van der Waals surface area contributed by atoms with E-state index in [-0.39, 0.29) is 25.5 Å². The van der Waals surface area contributed by atoms with Crippen molar-refractivity contribution >= 4 is 18.0 Å².